The fourth-order valence-corrected chi connectivity index (χ4v) is 1.59. The summed E-state index contributed by atoms with van der Waals surface area (Å²) in [6, 6.07) is 5.48. The second-order valence-corrected chi connectivity index (χ2v) is 3.97. The molecule has 0 amide bonds. The molecule has 0 bridgehead atoms. The lowest BCUT2D eigenvalue weighted by Crippen LogP contribution is -2.03. The predicted molar refractivity (Wildman–Crippen MR) is 65.9 cm³/mol. The molecule has 2 aromatic rings. The van der Waals surface area contributed by atoms with Gasteiger partial charge in [0, 0.05) is 18.7 Å². The van der Waals surface area contributed by atoms with Gasteiger partial charge in [-0.2, -0.15) is 0 Å². The zero-order chi connectivity index (χ0) is 13.7. The number of carboxylic acid groups (broad SMARTS) is 1. The van der Waals surface area contributed by atoms with Crippen LogP contribution in [-0.2, 0) is 17.8 Å². The Morgan fingerprint density at radius 1 is 1.42 bits per heavy atom. The van der Waals surface area contributed by atoms with E-state index in [1.54, 1.807) is 24.1 Å². The molecule has 0 aliphatic heterocycles. The number of carbonyl (C=O) groups is 1. The zero-order valence-corrected chi connectivity index (χ0v) is 10.5. The summed E-state index contributed by atoms with van der Waals surface area (Å²) in [6.07, 6.45) is 2.15. The van der Waals surface area contributed by atoms with E-state index in [2.05, 4.69) is 15.3 Å². The second kappa shape index (κ2) is 5.94. The van der Waals surface area contributed by atoms with Crippen LogP contribution in [-0.4, -0.2) is 38.2 Å². The summed E-state index contributed by atoms with van der Waals surface area (Å²) in [5, 5.41) is 16.5. The summed E-state index contributed by atoms with van der Waals surface area (Å²) in [7, 11) is 1.56. The lowest BCUT2D eigenvalue weighted by atomic mass is 10.2. The number of rotatable bonds is 6. The summed E-state index contributed by atoms with van der Waals surface area (Å²) in [5.74, 6) is -0.298. The average molecular weight is 262 g/mol. The minimum atomic E-state index is -0.844. The number of aliphatic carboxylic acids is 1. The van der Waals surface area contributed by atoms with Crippen LogP contribution in [0.15, 0.2) is 24.4 Å². The van der Waals surface area contributed by atoms with Gasteiger partial charge < -0.3 is 9.84 Å². The normalized spacial score (nSPS) is 10.4. The van der Waals surface area contributed by atoms with Crippen LogP contribution in [0.3, 0.4) is 0 Å². The van der Waals surface area contributed by atoms with E-state index in [1.165, 1.54) is 0 Å². The molecular formula is C12H14N4O3. The number of ether oxygens (including phenoxy) is 1. The van der Waals surface area contributed by atoms with E-state index in [-0.39, 0.29) is 6.42 Å². The van der Waals surface area contributed by atoms with E-state index in [1.807, 2.05) is 12.1 Å². The maximum Gasteiger partial charge on any atom is 0.303 e. The monoisotopic (exact) mass is 262 g/mol. The van der Waals surface area contributed by atoms with Gasteiger partial charge in [-0.25, -0.2) is 9.67 Å². The average Bonchev–Trinajstić information content (AvgIpc) is 2.84. The molecule has 0 spiro atoms. The van der Waals surface area contributed by atoms with Crippen LogP contribution >= 0.6 is 0 Å². The highest BCUT2D eigenvalue weighted by atomic mass is 16.5. The summed E-state index contributed by atoms with van der Waals surface area (Å²) in [4.78, 5) is 14.7. The number of aryl methyl sites for hydroxylation is 1. The molecule has 0 aromatic carbocycles. The van der Waals surface area contributed by atoms with Gasteiger partial charge in [0.15, 0.2) is 0 Å². The van der Waals surface area contributed by atoms with Crippen molar-refractivity contribution in [1.82, 2.24) is 20.0 Å². The molecule has 0 atom stereocenters. The summed E-state index contributed by atoms with van der Waals surface area (Å²) in [6.45, 7) is 0.470. The molecule has 0 saturated heterocycles. The first-order valence-corrected chi connectivity index (χ1v) is 5.78. The molecular weight excluding hydrogens is 248 g/mol. The van der Waals surface area contributed by atoms with Crippen LogP contribution in [0.5, 0.6) is 5.88 Å². The Labute approximate surface area is 109 Å². The van der Waals surface area contributed by atoms with Gasteiger partial charge >= 0.3 is 5.97 Å². The molecule has 0 fully saturated rings. The molecule has 100 valence electrons. The van der Waals surface area contributed by atoms with E-state index < -0.39 is 5.97 Å². The molecule has 0 unspecified atom stereocenters. The van der Waals surface area contributed by atoms with E-state index in [0.717, 1.165) is 5.69 Å². The lowest BCUT2D eigenvalue weighted by molar-refractivity contribution is -0.136. The van der Waals surface area contributed by atoms with E-state index in [4.69, 9.17) is 9.84 Å². The summed E-state index contributed by atoms with van der Waals surface area (Å²) < 4.78 is 6.66. The van der Waals surface area contributed by atoms with Crippen LogP contribution in [0.25, 0.3) is 0 Å². The molecule has 7 heteroatoms. The van der Waals surface area contributed by atoms with Crippen molar-refractivity contribution in [3.05, 3.63) is 35.8 Å². The maximum atomic E-state index is 10.5. The number of pyridine rings is 1. The van der Waals surface area contributed by atoms with E-state index >= 15 is 0 Å². The van der Waals surface area contributed by atoms with Crippen LogP contribution in [0.4, 0.5) is 0 Å². The standard InChI is InChI=1S/C12H14N4O3/c1-19-11-4-2-3-9(13-11)7-16-8-10(14-15-16)5-6-12(17)18/h2-4,8H,5-7H2,1H3,(H,17,18). The van der Waals surface area contributed by atoms with Crippen molar-refractivity contribution in [1.29, 1.82) is 0 Å². The highest BCUT2D eigenvalue weighted by molar-refractivity contribution is 5.66. The van der Waals surface area contributed by atoms with Gasteiger partial charge in [0.25, 0.3) is 0 Å². The van der Waals surface area contributed by atoms with Crippen molar-refractivity contribution in [2.24, 2.45) is 0 Å². The first-order valence-electron chi connectivity index (χ1n) is 5.78. The van der Waals surface area contributed by atoms with Gasteiger partial charge in [0.2, 0.25) is 5.88 Å². The Kier molecular flexibility index (Phi) is 4.07. The second-order valence-electron chi connectivity index (χ2n) is 3.97. The van der Waals surface area contributed by atoms with E-state index in [0.29, 0.717) is 24.5 Å². The van der Waals surface area contributed by atoms with Crippen molar-refractivity contribution < 1.29 is 14.6 Å². The first kappa shape index (κ1) is 13.0. The van der Waals surface area contributed by atoms with Gasteiger partial charge in [0.1, 0.15) is 0 Å². The zero-order valence-electron chi connectivity index (χ0n) is 10.5. The lowest BCUT2D eigenvalue weighted by Gasteiger charge is -2.02. The number of hydrogen-bond donors (Lipinski definition) is 1. The van der Waals surface area contributed by atoms with Gasteiger partial charge in [-0.3, -0.25) is 4.79 Å². The number of nitrogens with zero attached hydrogens (tertiary/aromatic N) is 4. The third kappa shape index (κ3) is 3.77. The summed E-state index contributed by atoms with van der Waals surface area (Å²) >= 11 is 0. The molecule has 0 aliphatic carbocycles. The number of carboxylic acids is 1. The van der Waals surface area contributed by atoms with Crippen LogP contribution in [0, 0.1) is 0 Å². The Morgan fingerprint density at radius 3 is 3.00 bits per heavy atom. The highest BCUT2D eigenvalue weighted by Crippen LogP contribution is 2.08. The summed E-state index contributed by atoms with van der Waals surface area (Å²) in [5.41, 5.74) is 1.46. The minimum absolute atomic E-state index is 0.0517. The molecule has 2 rings (SSSR count). The van der Waals surface area contributed by atoms with Crippen molar-refractivity contribution in [2.75, 3.05) is 7.11 Å². The van der Waals surface area contributed by atoms with Crippen LogP contribution in [0.1, 0.15) is 17.8 Å². The minimum Gasteiger partial charge on any atom is -0.481 e. The molecule has 0 aliphatic rings. The fraction of sp³-hybridized carbons (Fsp3) is 0.333. The number of aromatic nitrogens is 4. The van der Waals surface area contributed by atoms with Crippen molar-refractivity contribution in [2.45, 2.75) is 19.4 Å². The fourth-order valence-electron chi connectivity index (χ4n) is 1.59. The van der Waals surface area contributed by atoms with E-state index in [9.17, 15) is 4.79 Å². The quantitative estimate of drug-likeness (QED) is 0.826. The van der Waals surface area contributed by atoms with Crippen LogP contribution in [0.2, 0.25) is 0 Å². The first-order chi connectivity index (χ1) is 9.17. The Morgan fingerprint density at radius 2 is 2.26 bits per heavy atom. The van der Waals surface area contributed by atoms with Crippen molar-refractivity contribution in [3.8, 4) is 5.88 Å². The smallest absolute Gasteiger partial charge is 0.303 e. The Balaban J connectivity index is 2.00. The Hall–Kier alpha value is -2.44. The molecule has 7 nitrogen and oxygen atoms in total. The van der Waals surface area contributed by atoms with Crippen molar-refractivity contribution in [3.63, 3.8) is 0 Å². The number of methoxy groups -OCH3 is 1. The SMILES string of the molecule is COc1cccc(Cn2cc(CCC(=O)O)nn2)n1. The molecule has 2 heterocycles. The molecule has 19 heavy (non-hydrogen) atoms. The van der Waals surface area contributed by atoms with Crippen LogP contribution < -0.4 is 4.74 Å². The van der Waals surface area contributed by atoms with Crippen molar-refractivity contribution >= 4 is 5.97 Å². The van der Waals surface area contributed by atoms with Gasteiger partial charge in [-0.15, -0.1) is 5.10 Å². The van der Waals surface area contributed by atoms with Gasteiger partial charge in [0.05, 0.1) is 31.5 Å². The Bertz CT molecular complexity index is 568. The highest BCUT2D eigenvalue weighted by Gasteiger charge is 2.05. The number of hydrogen-bond acceptors (Lipinski definition) is 5. The third-order valence-corrected chi connectivity index (χ3v) is 2.50. The third-order valence-electron chi connectivity index (χ3n) is 2.50. The topological polar surface area (TPSA) is 90.1 Å². The molecule has 2 aromatic heterocycles. The largest absolute Gasteiger partial charge is 0.481 e. The molecule has 1 N–H and O–H groups in total. The molecule has 0 saturated carbocycles. The predicted octanol–water partition coefficient (Wildman–Crippen LogP) is 0.747. The maximum absolute atomic E-state index is 10.5. The van der Waals surface area contributed by atoms with Gasteiger partial charge in [-0.05, 0) is 6.07 Å². The molecule has 0 radical (unpaired) electrons. The van der Waals surface area contributed by atoms with Gasteiger partial charge in [-0.1, -0.05) is 11.3 Å².